The van der Waals surface area contributed by atoms with Crippen LogP contribution in [0.3, 0.4) is 0 Å². The fraction of sp³-hybridized carbons (Fsp3) is 0.316. The number of esters is 1. The Kier molecular flexibility index (Phi) is 5.73. The van der Waals surface area contributed by atoms with E-state index in [1.807, 2.05) is 36.4 Å². The van der Waals surface area contributed by atoms with E-state index >= 15 is 0 Å². The molecule has 0 aliphatic heterocycles. The fourth-order valence-electron chi connectivity index (χ4n) is 2.31. The van der Waals surface area contributed by atoms with Gasteiger partial charge in [-0.15, -0.1) is 0 Å². The second-order valence-corrected chi connectivity index (χ2v) is 5.37. The van der Waals surface area contributed by atoms with Crippen LogP contribution in [0.1, 0.15) is 47.7 Å². The van der Waals surface area contributed by atoms with Crippen molar-refractivity contribution in [2.45, 2.75) is 32.8 Å². The molecule has 2 aromatic rings. The van der Waals surface area contributed by atoms with Crippen LogP contribution in [0.4, 0.5) is 0 Å². The molecule has 116 valence electrons. The molecule has 0 aromatic heterocycles. The maximum absolute atomic E-state index is 12.4. The highest BCUT2D eigenvalue weighted by Crippen LogP contribution is 2.29. The summed E-state index contributed by atoms with van der Waals surface area (Å²) in [5, 5.41) is 0. The van der Waals surface area contributed by atoms with Gasteiger partial charge in [0, 0.05) is 7.11 Å². The fourth-order valence-corrected chi connectivity index (χ4v) is 2.31. The summed E-state index contributed by atoms with van der Waals surface area (Å²) in [5.41, 5.74) is 2.55. The number of rotatable bonds is 6. The summed E-state index contributed by atoms with van der Waals surface area (Å²) >= 11 is 0. The standard InChI is InChI=1S/C19H22O3/c1-4-14(2)17-10-5-6-11-18(17)22-19(20)16-9-7-8-15(12-16)13-21-3/h5-12,14H,4,13H2,1-3H3. The zero-order chi connectivity index (χ0) is 15.9. The molecule has 0 saturated heterocycles. The molecule has 0 fully saturated rings. The minimum atomic E-state index is -0.339. The average molecular weight is 298 g/mol. The quantitative estimate of drug-likeness (QED) is 0.579. The van der Waals surface area contributed by atoms with Crippen molar-refractivity contribution in [3.05, 3.63) is 65.2 Å². The first-order valence-corrected chi connectivity index (χ1v) is 7.54. The molecule has 3 heteroatoms. The monoisotopic (exact) mass is 298 g/mol. The van der Waals surface area contributed by atoms with Gasteiger partial charge >= 0.3 is 5.97 Å². The molecule has 0 radical (unpaired) electrons. The number of hydrogen-bond acceptors (Lipinski definition) is 3. The number of hydrogen-bond donors (Lipinski definition) is 0. The molecule has 1 atom stereocenters. The van der Waals surface area contributed by atoms with Gasteiger partial charge in [-0.2, -0.15) is 0 Å². The Hall–Kier alpha value is -2.13. The number of para-hydroxylation sites is 1. The van der Waals surface area contributed by atoms with Gasteiger partial charge in [-0.05, 0) is 41.7 Å². The normalized spacial score (nSPS) is 12.0. The summed E-state index contributed by atoms with van der Waals surface area (Å²) in [5.74, 6) is 0.650. The predicted molar refractivity (Wildman–Crippen MR) is 87.3 cm³/mol. The lowest BCUT2D eigenvalue weighted by atomic mass is 9.98. The first-order valence-electron chi connectivity index (χ1n) is 7.54. The van der Waals surface area contributed by atoms with Crippen molar-refractivity contribution in [1.29, 1.82) is 0 Å². The maximum atomic E-state index is 12.4. The lowest BCUT2D eigenvalue weighted by Gasteiger charge is -2.14. The van der Waals surface area contributed by atoms with Crippen LogP contribution in [0.25, 0.3) is 0 Å². The summed E-state index contributed by atoms with van der Waals surface area (Å²) in [7, 11) is 1.63. The van der Waals surface area contributed by atoms with Crippen LogP contribution in [0, 0.1) is 0 Å². The van der Waals surface area contributed by atoms with Crippen molar-refractivity contribution >= 4 is 5.97 Å². The molecule has 3 nitrogen and oxygen atoms in total. The van der Waals surface area contributed by atoms with Crippen LogP contribution in [-0.4, -0.2) is 13.1 Å². The highest BCUT2D eigenvalue weighted by molar-refractivity contribution is 5.91. The van der Waals surface area contributed by atoms with Crippen molar-refractivity contribution in [2.24, 2.45) is 0 Å². The van der Waals surface area contributed by atoms with Gasteiger partial charge in [0.1, 0.15) is 5.75 Å². The molecular weight excluding hydrogens is 276 g/mol. The van der Waals surface area contributed by atoms with Gasteiger partial charge in [-0.1, -0.05) is 44.2 Å². The molecular formula is C19H22O3. The van der Waals surface area contributed by atoms with E-state index in [4.69, 9.17) is 9.47 Å². The molecule has 2 aromatic carbocycles. The molecule has 1 unspecified atom stereocenters. The molecule has 0 amide bonds. The zero-order valence-corrected chi connectivity index (χ0v) is 13.3. The van der Waals surface area contributed by atoms with Gasteiger partial charge in [-0.3, -0.25) is 0 Å². The minimum absolute atomic E-state index is 0.339. The topological polar surface area (TPSA) is 35.5 Å². The van der Waals surface area contributed by atoms with Crippen LogP contribution < -0.4 is 4.74 Å². The van der Waals surface area contributed by atoms with Crippen LogP contribution in [0.15, 0.2) is 48.5 Å². The first kappa shape index (κ1) is 16.2. The van der Waals surface area contributed by atoms with Crippen LogP contribution in [-0.2, 0) is 11.3 Å². The number of carbonyl (C=O) groups is 1. The molecule has 0 aliphatic carbocycles. The summed E-state index contributed by atoms with van der Waals surface area (Å²) in [6.45, 7) is 4.73. The summed E-state index contributed by atoms with van der Waals surface area (Å²) < 4.78 is 10.7. The highest BCUT2D eigenvalue weighted by Gasteiger charge is 2.14. The van der Waals surface area contributed by atoms with Crippen LogP contribution in [0.2, 0.25) is 0 Å². The second-order valence-electron chi connectivity index (χ2n) is 5.37. The van der Waals surface area contributed by atoms with E-state index in [0.717, 1.165) is 17.5 Å². The third-order valence-corrected chi connectivity index (χ3v) is 3.74. The first-order chi connectivity index (χ1) is 10.7. The van der Waals surface area contributed by atoms with E-state index in [-0.39, 0.29) is 5.97 Å². The SMILES string of the molecule is CCC(C)c1ccccc1OC(=O)c1cccc(COC)c1. The molecule has 0 spiro atoms. The molecule has 2 rings (SSSR count). The van der Waals surface area contributed by atoms with E-state index < -0.39 is 0 Å². The highest BCUT2D eigenvalue weighted by atomic mass is 16.5. The molecule has 0 N–H and O–H groups in total. The minimum Gasteiger partial charge on any atom is -0.423 e. The Morgan fingerprint density at radius 1 is 1.14 bits per heavy atom. The molecule has 22 heavy (non-hydrogen) atoms. The van der Waals surface area contributed by atoms with Crippen LogP contribution in [0.5, 0.6) is 5.75 Å². The van der Waals surface area contributed by atoms with Gasteiger partial charge in [-0.25, -0.2) is 4.79 Å². The van der Waals surface area contributed by atoms with Crippen molar-refractivity contribution in [2.75, 3.05) is 7.11 Å². The van der Waals surface area contributed by atoms with E-state index in [1.165, 1.54) is 0 Å². The Balaban J connectivity index is 2.20. The van der Waals surface area contributed by atoms with E-state index in [1.54, 1.807) is 19.2 Å². The van der Waals surface area contributed by atoms with Gasteiger partial charge in [0.2, 0.25) is 0 Å². The summed E-state index contributed by atoms with van der Waals surface area (Å²) in [6, 6.07) is 15.0. The second kappa shape index (κ2) is 7.76. The van der Waals surface area contributed by atoms with Crippen molar-refractivity contribution < 1.29 is 14.3 Å². The lowest BCUT2D eigenvalue weighted by Crippen LogP contribution is -2.11. The van der Waals surface area contributed by atoms with E-state index in [9.17, 15) is 4.79 Å². The number of carbonyl (C=O) groups excluding carboxylic acids is 1. The van der Waals surface area contributed by atoms with Crippen molar-refractivity contribution in [1.82, 2.24) is 0 Å². The van der Waals surface area contributed by atoms with Crippen LogP contribution >= 0.6 is 0 Å². The van der Waals surface area contributed by atoms with Gasteiger partial charge < -0.3 is 9.47 Å². The summed E-state index contributed by atoms with van der Waals surface area (Å²) in [6.07, 6.45) is 0.998. The Labute approximate surface area is 131 Å². The number of benzene rings is 2. The predicted octanol–water partition coefficient (Wildman–Crippen LogP) is 4.57. The van der Waals surface area contributed by atoms with E-state index in [0.29, 0.717) is 23.8 Å². The van der Waals surface area contributed by atoms with Crippen molar-refractivity contribution in [3.8, 4) is 5.75 Å². The maximum Gasteiger partial charge on any atom is 0.343 e. The van der Waals surface area contributed by atoms with Crippen molar-refractivity contribution in [3.63, 3.8) is 0 Å². The largest absolute Gasteiger partial charge is 0.423 e. The average Bonchev–Trinajstić information content (AvgIpc) is 2.55. The van der Waals surface area contributed by atoms with Gasteiger partial charge in [0.05, 0.1) is 12.2 Å². The Morgan fingerprint density at radius 2 is 1.91 bits per heavy atom. The zero-order valence-electron chi connectivity index (χ0n) is 13.3. The summed E-state index contributed by atoms with van der Waals surface area (Å²) in [4.78, 5) is 12.4. The third-order valence-electron chi connectivity index (χ3n) is 3.74. The molecule has 0 saturated carbocycles. The smallest absolute Gasteiger partial charge is 0.343 e. The number of ether oxygens (including phenoxy) is 2. The van der Waals surface area contributed by atoms with Gasteiger partial charge in [0.25, 0.3) is 0 Å². The lowest BCUT2D eigenvalue weighted by molar-refractivity contribution is 0.0732. The molecule has 0 heterocycles. The van der Waals surface area contributed by atoms with E-state index in [2.05, 4.69) is 13.8 Å². The third kappa shape index (κ3) is 3.95. The Morgan fingerprint density at radius 3 is 2.64 bits per heavy atom. The number of methoxy groups -OCH3 is 1. The Bertz CT molecular complexity index is 634. The molecule has 0 aliphatic rings. The van der Waals surface area contributed by atoms with Gasteiger partial charge in [0.15, 0.2) is 0 Å². The molecule has 0 bridgehead atoms.